The van der Waals surface area contributed by atoms with Crippen LogP contribution in [0.25, 0.3) is 11.0 Å². The number of carbonyl (C=O) groups is 1. The number of ether oxygens (including phenoxy) is 1. The SMILES string of the molecule is CCCC(NS(=O)(=O)c1ccc(C)cc1)C(=O)Oc1ccc2c(C)c(C)c(=O)oc2c1C. The lowest BCUT2D eigenvalue weighted by molar-refractivity contribution is -0.136. The summed E-state index contributed by atoms with van der Waals surface area (Å²) >= 11 is 0. The van der Waals surface area contributed by atoms with Crippen LogP contribution in [0.15, 0.2) is 50.5 Å². The summed E-state index contributed by atoms with van der Waals surface area (Å²) in [4.78, 5) is 25.1. The molecule has 0 fully saturated rings. The van der Waals surface area contributed by atoms with Crippen molar-refractivity contribution in [1.82, 2.24) is 4.72 Å². The zero-order valence-electron chi connectivity index (χ0n) is 18.8. The number of hydrogen-bond acceptors (Lipinski definition) is 6. The molecule has 8 heteroatoms. The van der Waals surface area contributed by atoms with Gasteiger partial charge in [0.2, 0.25) is 10.0 Å². The Balaban J connectivity index is 1.90. The van der Waals surface area contributed by atoms with Crippen molar-refractivity contribution in [1.29, 1.82) is 0 Å². The average molecular weight is 458 g/mol. The van der Waals surface area contributed by atoms with Crippen LogP contribution in [0.2, 0.25) is 0 Å². The molecule has 170 valence electrons. The van der Waals surface area contributed by atoms with E-state index in [0.29, 0.717) is 23.1 Å². The summed E-state index contributed by atoms with van der Waals surface area (Å²) in [5.41, 5.74) is 2.64. The van der Waals surface area contributed by atoms with Crippen molar-refractivity contribution < 1.29 is 22.4 Å². The Morgan fingerprint density at radius 1 is 1.00 bits per heavy atom. The summed E-state index contributed by atoms with van der Waals surface area (Å²) in [5.74, 6) is -0.513. The second kappa shape index (κ2) is 9.26. The van der Waals surface area contributed by atoms with Crippen LogP contribution < -0.4 is 15.1 Å². The van der Waals surface area contributed by atoms with E-state index in [-0.39, 0.29) is 17.1 Å². The Labute approximate surface area is 187 Å². The molecule has 1 unspecified atom stereocenters. The van der Waals surface area contributed by atoms with Gasteiger partial charge in [-0.05, 0) is 63.9 Å². The predicted molar refractivity (Wildman–Crippen MR) is 123 cm³/mol. The summed E-state index contributed by atoms with van der Waals surface area (Å²) in [5, 5.41) is 0.754. The summed E-state index contributed by atoms with van der Waals surface area (Å²) in [6.07, 6.45) is 0.837. The molecule has 0 spiro atoms. The molecule has 0 saturated heterocycles. The van der Waals surface area contributed by atoms with E-state index in [1.165, 1.54) is 12.1 Å². The molecule has 7 nitrogen and oxygen atoms in total. The van der Waals surface area contributed by atoms with E-state index < -0.39 is 27.7 Å². The predicted octanol–water partition coefficient (Wildman–Crippen LogP) is 4.08. The first-order valence-electron chi connectivity index (χ1n) is 10.4. The Morgan fingerprint density at radius 3 is 2.28 bits per heavy atom. The van der Waals surface area contributed by atoms with Gasteiger partial charge in [0.15, 0.2) is 0 Å². The fourth-order valence-corrected chi connectivity index (χ4v) is 4.62. The van der Waals surface area contributed by atoms with Crippen molar-refractivity contribution >= 4 is 27.0 Å². The van der Waals surface area contributed by atoms with E-state index in [1.807, 2.05) is 20.8 Å². The lowest BCUT2D eigenvalue weighted by Crippen LogP contribution is -2.42. The summed E-state index contributed by atoms with van der Waals surface area (Å²) in [7, 11) is -3.91. The zero-order chi connectivity index (χ0) is 23.6. The average Bonchev–Trinajstić information content (AvgIpc) is 2.74. The molecule has 0 aliphatic heterocycles. The van der Waals surface area contributed by atoms with Gasteiger partial charge in [0.25, 0.3) is 0 Å². The second-order valence-electron chi connectivity index (χ2n) is 7.90. The standard InChI is InChI=1S/C24H27NO6S/c1-6-7-20(25-32(28,29)18-10-8-14(2)9-11-18)24(27)30-21-13-12-19-15(3)16(4)23(26)31-22(19)17(21)5/h8-13,20,25H,6-7H2,1-5H3. The topological polar surface area (TPSA) is 103 Å². The van der Waals surface area contributed by atoms with Gasteiger partial charge in [-0.2, -0.15) is 4.72 Å². The van der Waals surface area contributed by atoms with Gasteiger partial charge in [0.05, 0.1) is 4.90 Å². The monoisotopic (exact) mass is 457 g/mol. The molecule has 0 radical (unpaired) electrons. The van der Waals surface area contributed by atoms with Gasteiger partial charge in [-0.3, -0.25) is 0 Å². The Morgan fingerprint density at radius 2 is 1.66 bits per heavy atom. The third-order valence-electron chi connectivity index (χ3n) is 5.52. The first-order valence-corrected chi connectivity index (χ1v) is 11.9. The van der Waals surface area contributed by atoms with E-state index in [2.05, 4.69) is 4.72 Å². The van der Waals surface area contributed by atoms with Crippen LogP contribution in [-0.2, 0) is 14.8 Å². The van der Waals surface area contributed by atoms with Crippen LogP contribution in [0, 0.1) is 27.7 Å². The minimum atomic E-state index is -3.91. The second-order valence-corrected chi connectivity index (χ2v) is 9.62. The molecular weight excluding hydrogens is 430 g/mol. The smallest absolute Gasteiger partial charge is 0.339 e. The van der Waals surface area contributed by atoms with Crippen LogP contribution in [0.4, 0.5) is 0 Å². The number of aryl methyl sites for hydroxylation is 3. The maximum atomic E-state index is 12.9. The molecule has 1 atom stereocenters. The maximum Gasteiger partial charge on any atom is 0.339 e. The van der Waals surface area contributed by atoms with Crippen molar-refractivity contribution in [3.63, 3.8) is 0 Å². The largest absolute Gasteiger partial charge is 0.425 e. The van der Waals surface area contributed by atoms with E-state index in [1.54, 1.807) is 38.1 Å². The summed E-state index contributed by atoms with van der Waals surface area (Å²) in [6, 6.07) is 8.65. The molecule has 2 aromatic carbocycles. The highest BCUT2D eigenvalue weighted by Crippen LogP contribution is 2.29. The van der Waals surface area contributed by atoms with Crippen LogP contribution in [0.3, 0.4) is 0 Å². The fourth-order valence-electron chi connectivity index (χ4n) is 3.40. The highest BCUT2D eigenvalue weighted by Gasteiger charge is 2.27. The fraction of sp³-hybridized carbons (Fsp3) is 0.333. The van der Waals surface area contributed by atoms with Crippen molar-refractivity contribution in [3.8, 4) is 5.75 Å². The Kier molecular flexibility index (Phi) is 6.85. The number of benzene rings is 2. The molecule has 0 amide bonds. The third kappa shape index (κ3) is 4.76. The first-order chi connectivity index (χ1) is 15.0. The van der Waals surface area contributed by atoms with Gasteiger partial charge in [-0.25, -0.2) is 18.0 Å². The van der Waals surface area contributed by atoms with Gasteiger partial charge in [-0.15, -0.1) is 0 Å². The molecule has 3 rings (SSSR count). The normalized spacial score (nSPS) is 12.7. The zero-order valence-corrected chi connectivity index (χ0v) is 19.6. The highest BCUT2D eigenvalue weighted by molar-refractivity contribution is 7.89. The molecular formula is C24H27NO6S. The van der Waals surface area contributed by atoms with Gasteiger partial charge >= 0.3 is 11.6 Å². The van der Waals surface area contributed by atoms with Crippen molar-refractivity contribution in [2.24, 2.45) is 0 Å². The number of rotatable bonds is 7. The minimum absolute atomic E-state index is 0.0755. The van der Waals surface area contributed by atoms with Crippen molar-refractivity contribution in [3.05, 3.63) is 69.1 Å². The van der Waals surface area contributed by atoms with E-state index in [9.17, 15) is 18.0 Å². The highest BCUT2D eigenvalue weighted by atomic mass is 32.2. The van der Waals surface area contributed by atoms with E-state index >= 15 is 0 Å². The Bertz CT molecular complexity index is 1320. The maximum absolute atomic E-state index is 12.9. The molecule has 1 aromatic heterocycles. The molecule has 3 aromatic rings. The molecule has 0 aliphatic carbocycles. The van der Waals surface area contributed by atoms with Crippen LogP contribution in [0.5, 0.6) is 5.75 Å². The lowest BCUT2D eigenvalue weighted by atomic mass is 10.0. The molecule has 1 heterocycles. The number of carbonyl (C=O) groups excluding carboxylic acids is 1. The molecule has 0 aliphatic rings. The first kappa shape index (κ1) is 23.7. The van der Waals surface area contributed by atoms with Crippen molar-refractivity contribution in [2.45, 2.75) is 58.4 Å². The van der Waals surface area contributed by atoms with Crippen LogP contribution in [-0.4, -0.2) is 20.4 Å². The van der Waals surface area contributed by atoms with Gasteiger partial charge in [0, 0.05) is 16.5 Å². The molecule has 32 heavy (non-hydrogen) atoms. The number of nitrogens with one attached hydrogen (secondary N) is 1. The van der Waals surface area contributed by atoms with Crippen LogP contribution >= 0.6 is 0 Å². The third-order valence-corrected chi connectivity index (χ3v) is 7.01. The summed E-state index contributed by atoms with van der Waals surface area (Å²) < 4.78 is 39.0. The number of fused-ring (bicyclic) bond motifs is 1. The number of sulfonamides is 1. The lowest BCUT2D eigenvalue weighted by Gasteiger charge is -2.18. The minimum Gasteiger partial charge on any atom is -0.425 e. The van der Waals surface area contributed by atoms with Crippen LogP contribution in [0.1, 0.15) is 42.0 Å². The van der Waals surface area contributed by atoms with Gasteiger partial charge in [0.1, 0.15) is 17.4 Å². The van der Waals surface area contributed by atoms with Gasteiger partial charge in [-0.1, -0.05) is 31.0 Å². The quantitative estimate of drug-likeness (QED) is 0.326. The Hall–Kier alpha value is -2.97. The summed E-state index contributed by atoms with van der Waals surface area (Å²) in [6.45, 7) is 8.92. The molecule has 0 saturated carbocycles. The number of hydrogen-bond donors (Lipinski definition) is 1. The number of esters is 1. The van der Waals surface area contributed by atoms with Gasteiger partial charge < -0.3 is 9.15 Å². The van der Waals surface area contributed by atoms with E-state index in [0.717, 1.165) is 16.5 Å². The molecule has 1 N–H and O–H groups in total. The van der Waals surface area contributed by atoms with Crippen molar-refractivity contribution in [2.75, 3.05) is 0 Å². The van der Waals surface area contributed by atoms with E-state index in [4.69, 9.17) is 9.15 Å². The molecule has 0 bridgehead atoms.